The summed E-state index contributed by atoms with van der Waals surface area (Å²) < 4.78 is 8.96. The van der Waals surface area contributed by atoms with Crippen molar-refractivity contribution in [2.75, 3.05) is 0 Å². The summed E-state index contributed by atoms with van der Waals surface area (Å²) >= 11 is 0.696. The van der Waals surface area contributed by atoms with Gasteiger partial charge in [-0.1, -0.05) is 24.3 Å². The maximum atomic E-state index is 9.50. The molecule has 2 aromatic rings. The van der Waals surface area contributed by atoms with Crippen LogP contribution in [-0.2, 0) is 0 Å². The highest BCUT2D eigenvalue weighted by Gasteiger charge is 2.02. The van der Waals surface area contributed by atoms with Crippen LogP contribution < -0.4 is 0 Å². The fraction of sp³-hybridized carbons (Fsp3) is 0. The SMILES string of the molecule is OSc1cccc2c(O)cccc12. The molecular weight excluding hydrogens is 184 g/mol. The number of benzene rings is 2. The molecule has 0 aliphatic carbocycles. The Labute approximate surface area is 80.0 Å². The molecule has 0 saturated heterocycles. The Morgan fingerprint density at radius 3 is 2.38 bits per heavy atom. The van der Waals surface area contributed by atoms with Gasteiger partial charge < -0.3 is 9.66 Å². The van der Waals surface area contributed by atoms with Crippen LogP contribution in [0.25, 0.3) is 10.8 Å². The van der Waals surface area contributed by atoms with Gasteiger partial charge >= 0.3 is 0 Å². The third-order valence-electron chi connectivity index (χ3n) is 1.96. The molecule has 0 radical (unpaired) electrons. The molecule has 0 fully saturated rings. The predicted octanol–water partition coefficient (Wildman–Crippen LogP) is 3.11. The molecule has 0 unspecified atom stereocenters. The summed E-state index contributed by atoms with van der Waals surface area (Å²) in [5.74, 6) is 0.244. The predicted molar refractivity (Wildman–Crippen MR) is 54.1 cm³/mol. The van der Waals surface area contributed by atoms with Crippen LogP contribution in [0.5, 0.6) is 5.75 Å². The zero-order valence-electron chi connectivity index (χ0n) is 6.77. The van der Waals surface area contributed by atoms with Gasteiger partial charge in [0.25, 0.3) is 0 Å². The van der Waals surface area contributed by atoms with Gasteiger partial charge in [0.15, 0.2) is 0 Å². The van der Waals surface area contributed by atoms with Crippen molar-refractivity contribution in [1.82, 2.24) is 0 Å². The third kappa shape index (κ3) is 1.36. The van der Waals surface area contributed by atoms with Crippen molar-refractivity contribution in [3.63, 3.8) is 0 Å². The van der Waals surface area contributed by atoms with Gasteiger partial charge in [-0.15, -0.1) is 0 Å². The van der Waals surface area contributed by atoms with Gasteiger partial charge in [0.05, 0.1) is 0 Å². The first-order chi connectivity index (χ1) is 6.33. The number of rotatable bonds is 1. The maximum absolute atomic E-state index is 9.50. The average Bonchev–Trinajstić information content (AvgIpc) is 2.18. The second-order valence-corrected chi connectivity index (χ2v) is 3.34. The lowest BCUT2D eigenvalue weighted by Gasteiger charge is -2.03. The number of hydrogen-bond donors (Lipinski definition) is 2. The van der Waals surface area contributed by atoms with E-state index in [0.717, 1.165) is 15.7 Å². The minimum atomic E-state index is 0.244. The minimum Gasteiger partial charge on any atom is -0.507 e. The van der Waals surface area contributed by atoms with E-state index in [2.05, 4.69) is 0 Å². The summed E-state index contributed by atoms with van der Waals surface area (Å²) in [7, 11) is 0. The van der Waals surface area contributed by atoms with Gasteiger partial charge in [-0.2, -0.15) is 0 Å². The molecule has 0 aromatic heterocycles. The standard InChI is InChI=1S/C10H8O2S/c11-9-5-1-4-8-7(9)3-2-6-10(8)13-12/h1-6,11-12H. The first-order valence-corrected chi connectivity index (χ1v) is 4.62. The van der Waals surface area contributed by atoms with Gasteiger partial charge in [-0.25, -0.2) is 0 Å². The van der Waals surface area contributed by atoms with E-state index in [4.69, 9.17) is 4.55 Å². The number of fused-ring (bicyclic) bond motifs is 1. The molecule has 0 spiro atoms. The van der Waals surface area contributed by atoms with E-state index in [1.54, 1.807) is 18.2 Å². The van der Waals surface area contributed by atoms with Gasteiger partial charge in [-0.3, -0.25) is 0 Å². The van der Waals surface area contributed by atoms with Gasteiger partial charge in [-0.05, 0) is 12.1 Å². The maximum Gasteiger partial charge on any atom is 0.123 e. The van der Waals surface area contributed by atoms with Gasteiger partial charge in [0.1, 0.15) is 5.75 Å². The second-order valence-electron chi connectivity index (χ2n) is 2.72. The quantitative estimate of drug-likeness (QED) is 0.682. The van der Waals surface area contributed by atoms with Crippen LogP contribution in [0.15, 0.2) is 41.3 Å². The van der Waals surface area contributed by atoms with Crippen molar-refractivity contribution in [3.8, 4) is 5.75 Å². The molecule has 0 aliphatic rings. The molecule has 2 aromatic carbocycles. The van der Waals surface area contributed by atoms with E-state index in [-0.39, 0.29) is 5.75 Å². The number of phenolic OH excluding ortho intramolecular Hbond substituents is 1. The number of hydrogen-bond acceptors (Lipinski definition) is 3. The van der Waals surface area contributed by atoms with Crippen molar-refractivity contribution in [2.45, 2.75) is 4.90 Å². The molecule has 2 nitrogen and oxygen atoms in total. The molecule has 3 heteroatoms. The molecule has 2 N–H and O–H groups in total. The summed E-state index contributed by atoms with van der Waals surface area (Å²) in [4.78, 5) is 0.758. The van der Waals surface area contributed by atoms with Crippen molar-refractivity contribution < 1.29 is 9.66 Å². The first-order valence-electron chi connectivity index (χ1n) is 3.85. The Hall–Kier alpha value is -1.19. The van der Waals surface area contributed by atoms with E-state index in [9.17, 15) is 5.11 Å². The number of phenols is 1. The minimum absolute atomic E-state index is 0.244. The van der Waals surface area contributed by atoms with Crippen molar-refractivity contribution in [1.29, 1.82) is 0 Å². The van der Waals surface area contributed by atoms with E-state index in [0.29, 0.717) is 12.0 Å². The largest absolute Gasteiger partial charge is 0.507 e. The van der Waals surface area contributed by atoms with Crippen LogP contribution in [0.3, 0.4) is 0 Å². The van der Waals surface area contributed by atoms with Gasteiger partial charge in [0.2, 0.25) is 0 Å². The smallest absolute Gasteiger partial charge is 0.123 e. The molecule has 0 atom stereocenters. The molecule has 0 bridgehead atoms. The third-order valence-corrected chi connectivity index (χ3v) is 2.51. The van der Waals surface area contributed by atoms with Crippen LogP contribution in [-0.4, -0.2) is 9.66 Å². The van der Waals surface area contributed by atoms with E-state index in [1.807, 2.05) is 18.2 Å². The summed E-state index contributed by atoms with van der Waals surface area (Å²) in [6.45, 7) is 0. The number of aromatic hydroxyl groups is 1. The molecule has 0 saturated carbocycles. The summed E-state index contributed by atoms with van der Waals surface area (Å²) in [5, 5.41) is 11.1. The van der Waals surface area contributed by atoms with E-state index < -0.39 is 0 Å². The Morgan fingerprint density at radius 2 is 1.62 bits per heavy atom. The van der Waals surface area contributed by atoms with E-state index >= 15 is 0 Å². The normalized spacial score (nSPS) is 10.5. The molecule has 0 aliphatic heterocycles. The van der Waals surface area contributed by atoms with Crippen LogP contribution in [0.4, 0.5) is 0 Å². The zero-order valence-corrected chi connectivity index (χ0v) is 7.58. The lowest BCUT2D eigenvalue weighted by atomic mass is 10.1. The lowest BCUT2D eigenvalue weighted by molar-refractivity contribution is 0.481. The lowest BCUT2D eigenvalue weighted by Crippen LogP contribution is -1.76. The van der Waals surface area contributed by atoms with E-state index in [1.165, 1.54) is 0 Å². The molecule has 66 valence electrons. The highest BCUT2D eigenvalue weighted by molar-refractivity contribution is 7.94. The molecule has 0 amide bonds. The topological polar surface area (TPSA) is 40.5 Å². The summed E-state index contributed by atoms with van der Waals surface area (Å²) in [6, 6.07) is 10.7. The van der Waals surface area contributed by atoms with Crippen molar-refractivity contribution >= 4 is 22.8 Å². The van der Waals surface area contributed by atoms with Crippen LogP contribution in [0, 0.1) is 0 Å². The van der Waals surface area contributed by atoms with Crippen LogP contribution >= 0.6 is 12.0 Å². The zero-order chi connectivity index (χ0) is 9.26. The Balaban J connectivity index is 2.84. The molecule has 13 heavy (non-hydrogen) atoms. The average molecular weight is 192 g/mol. The summed E-state index contributed by atoms with van der Waals surface area (Å²) in [6.07, 6.45) is 0. The fourth-order valence-electron chi connectivity index (χ4n) is 1.34. The summed E-state index contributed by atoms with van der Waals surface area (Å²) in [5.41, 5.74) is 0. The fourth-order valence-corrected chi connectivity index (χ4v) is 1.76. The van der Waals surface area contributed by atoms with Crippen LogP contribution in [0.2, 0.25) is 0 Å². The molecular formula is C10H8O2S. The Kier molecular flexibility index (Phi) is 2.12. The highest BCUT2D eigenvalue weighted by Crippen LogP contribution is 2.30. The molecule has 2 rings (SSSR count). The Bertz CT molecular complexity index is 440. The van der Waals surface area contributed by atoms with Crippen molar-refractivity contribution in [3.05, 3.63) is 36.4 Å². The highest BCUT2D eigenvalue weighted by atomic mass is 32.2. The molecule has 0 heterocycles. The van der Waals surface area contributed by atoms with Crippen molar-refractivity contribution in [2.24, 2.45) is 0 Å². The van der Waals surface area contributed by atoms with Crippen LogP contribution in [0.1, 0.15) is 0 Å². The second kappa shape index (κ2) is 3.28. The first kappa shape index (κ1) is 8.41. The van der Waals surface area contributed by atoms with Gasteiger partial charge in [0, 0.05) is 27.7 Å². The Morgan fingerprint density at radius 1 is 0.923 bits per heavy atom. The monoisotopic (exact) mass is 192 g/mol.